The highest BCUT2D eigenvalue weighted by molar-refractivity contribution is 6.82. The van der Waals surface area contributed by atoms with Gasteiger partial charge in [-0.1, -0.05) is 19.1 Å². The molecular weight excluding hydrogens is 212 g/mol. The molecule has 0 aliphatic rings. The number of carboxylic acids is 1. The van der Waals surface area contributed by atoms with Gasteiger partial charge in [0, 0.05) is 13.2 Å². The fourth-order valence-electron chi connectivity index (χ4n) is 1.24. The number of carboxylic acid groups (broad SMARTS) is 1. The fraction of sp³-hybridized carbons (Fsp3) is 0.889. The van der Waals surface area contributed by atoms with Crippen LogP contribution in [0.2, 0.25) is 44.3 Å². The van der Waals surface area contributed by atoms with Gasteiger partial charge < -0.3 is 9.53 Å². The quantitative estimate of drug-likeness (QED) is 0.719. The Hall–Kier alpha value is -0.136. The van der Waals surface area contributed by atoms with Crippen molar-refractivity contribution < 1.29 is 14.3 Å². The van der Waals surface area contributed by atoms with Crippen LogP contribution in [0.1, 0.15) is 0 Å². The van der Waals surface area contributed by atoms with E-state index >= 15 is 0 Å². The molecule has 0 radical (unpaired) electrons. The van der Waals surface area contributed by atoms with Gasteiger partial charge >= 0.3 is 5.97 Å². The Labute approximate surface area is 88.6 Å². The minimum absolute atomic E-state index is 0.376. The molecule has 0 heterocycles. The summed E-state index contributed by atoms with van der Waals surface area (Å²) in [4.78, 5) is 10.6. The normalized spacial score (nSPS) is 12.9. The van der Waals surface area contributed by atoms with Crippen LogP contribution in [-0.2, 0) is 9.22 Å². The Kier molecular flexibility index (Phi) is 5.04. The Morgan fingerprint density at radius 1 is 1.21 bits per heavy atom. The van der Waals surface area contributed by atoms with E-state index in [2.05, 4.69) is 26.2 Å². The minimum Gasteiger partial charge on any atom is -0.481 e. The highest BCUT2D eigenvalue weighted by Crippen LogP contribution is 2.23. The molecule has 0 aromatic rings. The molecule has 3 nitrogen and oxygen atoms in total. The Bertz CT molecular complexity index is 202. The molecule has 0 fully saturated rings. The molecule has 0 bridgehead atoms. The second-order valence-corrected chi connectivity index (χ2v) is 14.8. The molecule has 0 atom stereocenters. The van der Waals surface area contributed by atoms with E-state index in [-0.39, 0.29) is 0 Å². The number of aliphatic carboxylic acids is 1. The van der Waals surface area contributed by atoms with E-state index in [0.717, 1.165) is 12.1 Å². The lowest BCUT2D eigenvalue weighted by atomic mass is 10.8. The summed E-state index contributed by atoms with van der Waals surface area (Å²) < 4.78 is 5.45. The maximum absolute atomic E-state index is 10.6. The molecule has 5 heteroatoms. The third kappa shape index (κ3) is 6.34. The summed E-state index contributed by atoms with van der Waals surface area (Å²) in [5, 5.41) is 8.75. The van der Waals surface area contributed by atoms with Crippen molar-refractivity contribution in [1.82, 2.24) is 0 Å². The molecule has 0 aliphatic carbocycles. The van der Waals surface area contributed by atoms with Crippen LogP contribution >= 0.6 is 0 Å². The van der Waals surface area contributed by atoms with Crippen molar-refractivity contribution in [2.75, 3.05) is 7.11 Å². The number of rotatable bonds is 6. The van der Waals surface area contributed by atoms with E-state index in [9.17, 15) is 4.79 Å². The Morgan fingerprint density at radius 2 is 1.71 bits per heavy atom. The van der Waals surface area contributed by atoms with E-state index in [1.54, 1.807) is 7.11 Å². The lowest BCUT2D eigenvalue weighted by Crippen LogP contribution is -2.35. The first-order valence-electron chi connectivity index (χ1n) is 4.95. The zero-order chi connectivity index (χ0) is 11.4. The van der Waals surface area contributed by atoms with Crippen LogP contribution in [0.4, 0.5) is 0 Å². The van der Waals surface area contributed by atoms with E-state index in [4.69, 9.17) is 9.53 Å². The number of carbonyl (C=O) groups is 1. The molecule has 1 N–H and O–H groups in total. The molecule has 0 rings (SSSR count). The van der Waals surface area contributed by atoms with E-state index in [0.29, 0.717) is 6.04 Å². The first-order valence-corrected chi connectivity index (χ1v) is 11.5. The second kappa shape index (κ2) is 5.09. The van der Waals surface area contributed by atoms with Gasteiger partial charge in [-0.05, 0) is 19.1 Å². The van der Waals surface area contributed by atoms with Crippen molar-refractivity contribution in [1.29, 1.82) is 0 Å². The minimum atomic E-state index is -1.54. The Balaban J connectivity index is 4.04. The summed E-state index contributed by atoms with van der Waals surface area (Å²) in [6.07, 6.45) is 0. The third-order valence-corrected chi connectivity index (χ3v) is 8.51. The van der Waals surface area contributed by atoms with Gasteiger partial charge in [-0.2, -0.15) is 0 Å². The van der Waals surface area contributed by atoms with Crippen LogP contribution in [0, 0.1) is 0 Å². The van der Waals surface area contributed by atoms with Crippen LogP contribution in [0.15, 0.2) is 0 Å². The smallest absolute Gasteiger partial charge is 0.300 e. The lowest BCUT2D eigenvalue weighted by molar-refractivity contribution is -0.134. The van der Waals surface area contributed by atoms with Crippen LogP contribution in [-0.4, -0.2) is 34.6 Å². The van der Waals surface area contributed by atoms with Crippen LogP contribution in [0.3, 0.4) is 0 Å². The average Bonchev–Trinajstić information content (AvgIpc) is 1.99. The van der Waals surface area contributed by atoms with Crippen molar-refractivity contribution >= 4 is 22.4 Å². The molecular formula is C9H22O3Si2. The summed E-state index contributed by atoms with van der Waals surface area (Å²) in [6, 6.07) is 2.52. The van der Waals surface area contributed by atoms with Crippen LogP contribution in [0.25, 0.3) is 0 Å². The molecule has 0 amide bonds. The van der Waals surface area contributed by atoms with Gasteiger partial charge in [-0.3, -0.25) is 4.79 Å². The first-order chi connectivity index (χ1) is 6.18. The standard InChI is InChI=1S/C9H22O3Si2/c1-12-14(4,5)7-6-13(2,3)8-9(10)11/h6-8H2,1-5H3,(H,10,11). The molecule has 0 aromatic heterocycles. The van der Waals surface area contributed by atoms with Crippen LogP contribution in [0.5, 0.6) is 0 Å². The van der Waals surface area contributed by atoms with Crippen molar-refractivity contribution in [2.45, 2.75) is 44.3 Å². The largest absolute Gasteiger partial charge is 0.481 e. The van der Waals surface area contributed by atoms with Crippen molar-refractivity contribution in [3.8, 4) is 0 Å². The fourth-order valence-corrected chi connectivity index (χ4v) is 7.55. The van der Waals surface area contributed by atoms with Gasteiger partial charge in [0.15, 0.2) is 8.32 Å². The summed E-state index contributed by atoms with van der Waals surface area (Å²) in [7, 11) is -1.27. The molecule has 14 heavy (non-hydrogen) atoms. The highest BCUT2D eigenvalue weighted by Gasteiger charge is 2.29. The summed E-state index contributed by atoms with van der Waals surface area (Å²) >= 11 is 0. The predicted molar refractivity (Wildman–Crippen MR) is 64.0 cm³/mol. The first kappa shape index (κ1) is 13.9. The van der Waals surface area contributed by atoms with Gasteiger partial charge in [-0.15, -0.1) is 0 Å². The average molecular weight is 234 g/mol. The zero-order valence-electron chi connectivity index (χ0n) is 9.89. The second-order valence-electron chi connectivity index (χ2n) is 5.20. The Morgan fingerprint density at radius 3 is 2.07 bits per heavy atom. The molecule has 0 saturated heterocycles. The summed E-state index contributed by atoms with van der Waals surface area (Å²) in [6.45, 7) is 8.64. The maximum atomic E-state index is 10.6. The number of hydrogen-bond acceptors (Lipinski definition) is 2. The maximum Gasteiger partial charge on any atom is 0.300 e. The third-order valence-electron chi connectivity index (χ3n) is 2.59. The summed E-state index contributed by atoms with van der Waals surface area (Å²) in [5.74, 6) is -0.654. The monoisotopic (exact) mass is 234 g/mol. The zero-order valence-corrected chi connectivity index (χ0v) is 11.9. The van der Waals surface area contributed by atoms with Gasteiger partial charge in [0.2, 0.25) is 0 Å². The van der Waals surface area contributed by atoms with Gasteiger partial charge in [-0.25, -0.2) is 0 Å². The molecule has 0 unspecified atom stereocenters. The van der Waals surface area contributed by atoms with Crippen molar-refractivity contribution in [2.24, 2.45) is 0 Å². The van der Waals surface area contributed by atoms with E-state index < -0.39 is 22.4 Å². The number of hydrogen-bond donors (Lipinski definition) is 1. The van der Waals surface area contributed by atoms with Crippen LogP contribution < -0.4 is 0 Å². The van der Waals surface area contributed by atoms with Gasteiger partial charge in [0.25, 0.3) is 0 Å². The van der Waals surface area contributed by atoms with E-state index in [1.165, 1.54) is 0 Å². The van der Waals surface area contributed by atoms with Crippen molar-refractivity contribution in [3.63, 3.8) is 0 Å². The molecule has 0 spiro atoms. The van der Waals surface area contributed by atoms with E-state index in [1.807, 2.05) is 0 Å². The van der Waals surface area contributed by atoms with Gasteiger partial charge in [0.1, 0.15) is 0 Å². The topological polar surface area (TPSA) is 46.5 Å². The predicted octanol–water partition coefficient (Wildman–Crippen LogP) is 2.63. The molecule has 0 saturated carbocycles. The summed E-state index contributed by atoms with van der Waals surface area (Å²) in [5.41, 5.74) is 0. The lowest BCUT2D eigenvalue weighted by Gasteiger charge is -2.26. The SMILES string of the molecule is CO[Si](C)(C)CC[Si](C)(C)CC(=O)O. The molecule has 84 valence electrons. The van der Waals surface area contributed by atoms with Crippen molar-refractivity contribution in [3.05, 3.63) is 0 Å². The molecule has 0 aromatic carbocycles. The van der Waals surface area contributed by atoms with Gasteiger partial charge in [0.05, 0.1) is 8.07 Å². The molecule has 0 aliphatic heterocycles. The highest BCUT2D eigenvalue weighted by atomic mass is 28.4.